The van der Waals surface area contributed by atoms with E-state index in [2.05, 4.69) is 5.32 Å². The van der Waals surface area contributed by atoms with Gasteiger partial charge >= 0.3 is 12.1 Å². The second-order valence-corrected chi connectivity index (χ2v) is 3.60. The lowest BCUT2D eigenvalue weighted by Gasteiger charge is -2.16. The molecule has 1 aromatic carbocycles. The van der Waals surface area contributed by atoms with Gasteiger partial charge in [-0.2, -0.15) is 13.2 Å². The third kappa shape index (κ3) is 3.46. The Kier molecular flexibility index (Phi) is 4.72. The largest absolute Gasteiger partial charge is 0.465 e. The van der Waals surface area contributed by atoms with Crippen LogP contribution in [0.25, 0.3) is 0 Å². The summed E-state index contributed by atoms with van der Waals surface area (Å²) >= 11 is 0. The summed E-state index contributed by atoms with van der Waals surface area (Å²) in [6.45, 7) is 1.81. The standard InChI is InChI=1S/C12H14F3NO2/c1-3-18-11(17)10(16-2)8-5-4-6-9(7-8)12(13,14)15/h4-7,10,16H,3H2,1-2H3. The highest BCUT2D eigenvalue weighted by atomic mass is 19.4. The number of carbonyl (C=O) groups is 1. The number of carbonyl (C=O) groups excluding carboxylic acids is 1. The van der Waals surface area contributed by atoms with Crippen LogP contribution in [0.2, 0.25) is 0 Å². The molecule has 1 rings (SSSR count). The molecule has 0 aromatic heterocycles. The number of nitrogens with one attached hydrogen (secondary N) is 1. The maximum atomic E-state index is 12.5. The molecule has 0 heterocycles. The summed E-state index contributed by atoms with van der Waals surface area (Å²) < 4.78 is 42.4. The van der Waals surface area contributed by atoms with Crippen LogP contribution >= 0.6 is 0 Å². The molecule has 1 aromatic rings. The summed E-state index contributed by atoms with van der Waals surface area (Å²) in [6.07, 6.45) is -4.43. The number of ether oxygens (including phenoxy) is 1. The minimum atomic E-state index is -4.43. The van der Waals surface area contributed by atoms with E-state index < -0.39 is 23.8 Å². The van der Waals surface area contributed by atoms with E-state index in [1.807, 2.05) is 0 Å². The van der Waals surface area contributed by atoms with Crippen molar-refractivity contribution < 1.29 is 22.7 Å². The van der Waals surface area contributed by atoms with Crippen molar-refractivity contribution in [2.45, 2.75) is 19.1 Å². The van der Waals surface area contributed by atoms with Crippen LogP contribution in [0.15, 0.2) is 24.3 Å². The van der Waals surface area contributed by atoms with Crippen molar-refractivity contribution in [1.82, 2.24) is 5.32 Å². The second-order valence-electron chi connectivity index (χ2n) is 3.60. The van der Waals surface area contributed by atoms with E-state index in [9.17, 15) is 18.0 Å². The molecule has 0 aliphatic rings. The number of esters is 1. The summed E-state index contributed by atoms with van der Waals surface area (Å²) in [4.78, 5) is 11.6. The van der Waals surface area contributed by atoms with Crippen molar-refractivity contribution in [3.63, 3.8) is 0 Å². The fraction of sp³-hybridized carbons (Fsp3) is 0.417. The van der Waals surface area contributed by atoms with E-state index in [4.69, 9.17) is 4.74 Å². The maximum absolute atomic E-state index is 12.5. The number of likely N-dealkylation sites (N-methyl/N-ethyl adjacent to an activating group) is 1. The van der Waals surface area contributed by atoms with Gasteiger partial charge in [0, 0.05) is 0 Å². The van der Waals surface area contributed by atoms with Crippen LogP contribution in [0.4, 0.5) is 13.2 Å². The zero-order valence-corrected chi connectivity index (χ0v) is 10.0. The van der Waals surface area contributed by atoms with Gasteiger partial charge in [-0.25, -0.2) is 4.79 Å². The molecule has 1 atom stereocenters. The molecule has 1 N–H and O–H groups in total. The Hall–Kier alpha value is -1.56. The Bertz CT molecular complexity index is 418. The number of hydrogen-bond donors (Lipinski definition) is 1. The van der Waals surface area contributed by atoms with Crippen LogP contribution in [0, 0.1) is 0 Å². The summed E-state index contributed by atoms with van der Waals surface area (Å²) in [5.41, 5.74) is -0.560. The first-order chi connectivity index (χ1) is 8.40. The lowest BCUT2D eigenvalue weighted by Crippen LogP contribution is -2.27. The van der Waals surface area contributed by atoms with Gasteiger partial charge in [-0.15, -0.1) is 0 Å². The van der Waals surface area contributed by atoms with Gasteiger partial charge in [0.25, 0.3) is 0 Å². The van der Waals surface area contributed by atoms with Crippen molar-refractivity contribution in [2.24, 2.45) is 0 Å². The van der Waals surface area contributed by atoms with Crippen LogP contribution in [-0.2, 0) is 15.7 Å². The van der Waals surface area contributed by atoms with Crippen LogP contribution in [0.5, 0.6) is 0 Å². The van der Waals surface area contributed by atoms with Gasteiger partial charge in [-0.3, -0.25) is 0 Å². The quantitative estimate of drug-likeness (QED) is 0.846. The molecule has 18 heavy (non-hydrogen) atoms. The molecule has 0 amide bonds. The highest BCUT2D eigenvalue weighted by molar-refractivity contribution is 5.77. The predicted molar refractivity (Wildman–Crippen MR) is 59.9 cm³/mol. The summed E-state index contributed by atoms with van der Waals surface area (Å²) in [6, 6.07) is 3.72. The maximum Gasteiger partial charge on any atom is 0.416 e. The first-order valence-electron chi connectivity index (χ1n) is 5.41. The van der Waals surface area contributed by atoms with Crippen molar-refractivity contribution in [2.75, 3.05) is 13.7 Å². The number of hydrogen-bond acceptors (Lipinski definition) is 3. The Morgan fingerprint density at radius 1 is 1.44 bits per heavy atom. The topological polar surface area (TPSA) is 38.3 Å². The van der Waals surface area contributed by atoms with Crippen molar-refractivity contribution in [3.8, 4) is 0 Å². The zero-order valence-electron chi connectivity index (χ0n) is 10.0. The fourth-order valence-electron chi connectivity index (χ4n) is 1.54. The average molecular weight is 261 g/mol. The monoisotopic (exact) mass is 261 g/mol. The molecule has 0 aliphatic carbocycles. The minimum absolute atomic E-state index is 0.177. The molecule has 100 valence electrons. The Balaban J connectivity index is 3.04. The molecule has 1 unspecified atom stereocenters. The van der Waals surface area contributed by atoms with E-state index in [-0.39, 0.29) is 12.2 Å². The van der Waals surface area contributed by atoms with Crippen LogP contribution in [-0.4, -0.2) is 19.6 Å². The minimum Gasteiger partial charge on any atom is -0.465 e. The fourth-order valence-corrected chi connectivity index (χ4v) is 1.54. The molecule has 0 saturated heterocycles. The number of halogens is 3. The first kappa shape index (κ1) is 14.5. The highest BCUT2D eigenvalue weighted by Gasteiger charge is 2.31. The lowest BCUT2D eigenvalue weighted by molar-refractivity contribution is -0.146. The first-order valence-corrected chi connectivity index (χ1v) is 5.41. The third-order valence-electron chi connectivity index (χ3n) is 2.36. The van der Waals surface area contributed by atoms with E-state index >= 15 is 0 Å². The van der Waals surface area contributed by atoms with Gasteiger partial charge in [-0.1, -0.05) is 12.1 Å². The molecular formula is C12H14F3NO2. The molecule has 0 fully saturated rings. The van der Waals surface area contributed by atoms with Crippen molar-refractivity contribution >= 4 is 5.97 Å². The third-order valence-corrected chi connectivity index (χ3v) is 2.36. The molecule has 6 heteroatoms. The van der Waals surface area contributed by atoms with E-state index in [0.717, 1.165) is 12.1 Å². The molecule has 0 bridgehead atoms. The van der Waals surface area contributed by atoms with Gasteiger partial charge in [0.05, 0.1) is 12.2 Å². The average Bonchev–Trinajstić information content (AvgIpc) is 2.29. The number of benzene rings is 1. The lowest BCUT2D eigenvalue weighted by atomic mass is 10.0. The van der Waals surface area contributed by atoms with Gasteiger partial charge in [0.2, 0.25) is 0 Å². The van der Waals surface area contributed by atoms with Gasteiger partial charge in [0.15, 0.2) is 0 Å². The molecule has 0 spiro atoms. The van der Waals surface area contributed by atoms with Gasteiger partial charge < -0.3 is 10.1 Å². The summed E-state index contributed by atoms with van der Waals surface area (Å²) in [5, 5.41) is 2.64. The van der Waals surface area contributed by atoms with E-state index in [1.54, 1.807) is 6.92 Å². The SMILES string of the molecule is CCOC(=O)C(NC)c1cccc(C(F)(F)F)c1. The van der Waals surface area contributed by atoms with E-state index in [1.165, 1.54) is 19.2 Å². The normalized spacial score (nSPS) is 13.2. The van der Waals surface area contributed by atoms with Crippen LogP contribution < -0.4 is 5.32 Å². The predicted octanol–water partition coefficient (Wildman–Crippen LogP) is 2.53. The van der Waals surface area contributed by atoms with Gasteiger partial charge in [0.1, 0.15) is 6.04 Å². The number of rotatable bonds is 4. The molecular weight excluding hydrogens is 247 g/mol. The Morgan fingerprint density at radius 2 is 2.11 bits per heavy atom. The van der Waals surface area contributed by atoms with Crippen LogP contribution in [0.1, 0.15) is 24.1 Å². The highest BCUT2D eigenvalue weighted by Crippen LogP contribution is 2.30. The van der Waals surface area contributed by atoms with Crippen molar-refractivity contribution in [3.05, 3.63) is 35.4 Å². The smallest absolute Gasteiger partial charge is 0.416 e. The Labute approximate surface area is 103 Å². The number of alkyl halides is 3. The van der Waals surface area contributed by atoms with Crippen LogP contribution in [0.3, 0.4) is 0 Å². The summed E-state index contributed by atoms with van der Waals surface area (Å²) in [7, 11) is 1.49. The summed E-state index contributed by atoms with van der Waals surface area (Å²) in [5.74, 6) is -0.598. The van der Waals surface area contributed by atoms with Crippen molar-refractivity contribution in [1.29, 1.82) is 0 Å². The molecule has 0 radical (unpaired) electrons. The van der Waals surface area contributed by atoms with Gasteiger partial charge in [-0.05, 0) is 31.7 Å². The zero-order chi connectivity index (χ0) is 13.8. The molecule has 0 saturated carbocycles. The molecule has 0 aliphatic heterocycles. The Morgan fingerprint density at radius 3 is 2.61 bits per heavy atom. The van der Waals surface area contributed by atoms with E-state index in [0.29, 0.717) is 0 Å². The molecule has 3 nitrogen and oxygen atoms in total. The second kappa shape index (κ2) is 5.86.